The van der Waals surface area contributed by atoms with Crippen molar-refractivity contribution in [3.63, 3.8) is 0 Å². The molecule has 0 radical (unpaired) electrons. The lowest BCUT2D eigenvalue weighted by Crippen LogP contribution is -2.34. The van der Waals surface area contributed by atoms with E-state index in [1.807, 2.05) is 12.1 Å². The van der Waals surface area contributed by atoms with Gasteiger partial charge in [-0.3, -0.25) is 0 Å². The molecular weight excluding hydrogens is 250 g/mol. The summed E-state index contributed by atoms with van der Waals surface area (Å²) in [6, 6.07) is 4.18. The van der Waals surface area contributed by atoms with Crippen molar-refractivity contribution in [3.8, 4) is 0 Å². The van der Waals surface area contributed by atoms with E-state index >= 15 is 0 Å². The van der Waals surface area contributed by atoms with Gasteiger partial charge < -0.3 is 14.5 Å². The molecule has 0 aromatic carbocycles. The first-order valence-electron chi connectivity index (χ1n) is 7.85. The van der Waals surface area contributed by atoms with Crippen molar-refractivity contribution in [2.24, 2.45) is 11.3 Å². The quantitative estimate of drug-likeness (QED) is 0.794. The van der Waals surface area contributed by atoms with Gasteiger partial charge in [-0.05, 0) is 49.7 Å². The summed E-state index contributed by atoms with van der Waals surface area (Å²) in [6.07, 6.45) is 5.85. The normalized spacial score (nSPS) is 27.4. The zero-order chi connectivity index (χ0) is 14.6. The Morgan fingerprint density at radius 2 is 2.25 bits per heavy atom. The third-order valence-electron chi connectivity index (χ3n) is 4.22. The van der Waals surface area contributed by atoms with E-state index in [9.17, 15) is 0 Å². The zero-order valence-electron chi connectivity index (χ0n) is 13.3. The first-order valence-corrected chi connectivity index (χ1v) is 7.85. The largest absolute Gasteiger partial charge is 0.468 e. The lowest BCUT2D eigenvalue weighted by atomic mass is 9.71. The second kappa shape index (κ2) is 6.77. The summed E-state index contributed by atoms with van der Waals surface area (Å²) < 4.78 is 11.4. The van der Waals surface area contributed by atoms with Crippen LogP contribution in [0.3, 0.4) is 0 Å². The maximum Gasteiger partial charge on any atom is 0.120 e. The molecule has 0 bridgehead atoms. The fourth-order valence-corrected chi connectivity index (χ4v) is 3.52. The zero-order valence-corrected chi connectivity index (χ0v) is 13.3. The van der Waals surface area contributed by atoms with Gasteiger partial charge in [0.15, 0.2) is 0 Å². The standard InChI is InChI=1S/C17H29NO2/c1-13-10-15(12-17(3,4)11-13)19-9-7-18-14(2)16-6-5-8-20-16/h5-6,8,13-15,18H,7,9-12H2,1-4H3. The molecule has 3 heteroatoms. The molecule has 1 heterocycles. The highest BCUT2D eigenvalue weighted by Gasteiger charge is 2.32. The second-order valence-electron chi connectivity index (χ2n) is 7.10. The highest BCUT2D eigenvalue weighted by Crippen LogP contribution is 2.39. The highest BCUT2D eigenvalue weighted by molar-refractivity contribution is 5.02. The summed E-state index contributed by atoms with van der Waals surface area (Å²) in [5, 5.41) is 3.44. The van der Waals surface area contributed by atoms with Crippen LogP contribution in [0.15, 0.2) is 22.8 Å². The topological polar surface area (TPSA) is 34.4 Å². The Labute approximate surface area is 123 Å². The van der Waals surface area contributed by atoms with Gasteiger partial charge in [0, 0.05) is 6.54 Å². The van der Waals surface area contributed by atoms with E-state index in [0.717, 1.165) is 24.8 Å². The minimum atomic E-state index is 0.246. The molecule has 0 aliphatic heterocycles. The van der Waals surface area contributed by atoms with Crippen LogP contribution >= 0.6 is 0 Å². The molecule has 3 atom stereocenters. The number of rotatable bonds is 6. The van der Waals surface area contributed by atoms with Crippen molar-refractivity contribution in [1.82, 2.24) is 5.32 Å². The van der Waals surface area contributed by atoms with Crippen molar-refractivity contribution in [2.45, 2.75) is 59.1 Å². The fourth-order valence-electron chi connectivity index (χ4n) is 3.52. The highest BCUT2D eigenvalue weighted by atomic mass is 16.5. The van der Waals surface area contributed by atoms with Crippen LogP contribution in [0, 0.1) is 11.3 Å². The Hall–Kier alpha value is -0.800. The van der Waals surface area contributed by atoms with Crippen molar-refractivity contribution in [3.05, 3.63) is 24.2 Å². The number of hydrogen-bond donors (Lipinski definition) is 1. The van der Waals surface area contributed by atoms with E-state index in [1.165, 1.54) is 19.3 Å². The van der Waals surface area contributed by atoms with E-state index in [1.54, 1.807) is 6.26 Å². The molecule has 1 fully saturated rings. The summed E-state index contributed by atoms with van der Waals surface area (Å²) in [4.78, 5) is 0. The summed E-state index contributed by atoms with van der Waals surface area (Å²) in [7, 11) is 0. The van der Waals surface area contributed by atoms with Crippen molar-refractivity contribution >= 4 is 0 Å². The Morgan fingerprint density at radius 1 is 1.45 bits per heavy atom. The van der Waals surface area contributed by atoms with Crippen LogP contribution in [-0.2, 0) is 4.74 Å². The Morgan fingerprint density at radius 3 is 2.90 bits per heavy atom. The third kappa shape index (κ3) is 4.64. The predicted octanol–water partition coefficient (Wildman–Crippen LogP) is 4.16. The molecule has 0 amide bonds. The van der Waals surface area contributed by atoms with E-state index in [4.69, 9.17) is 9.15 Å². The average Bonchev–Trinajstić information content (AvgIpc) is 2.85. The van der Waals surface area contributed by atoms with Crippen molar-refractivity contribution in [1.29, 1.82) is 0 Å². The molecule has 0 spiro atoms. The van der Waals surface area contributed by atoms with Gasteiger partial charge in [-0.25, -0.2) is 0 Å². The number of hydrogen-bond acceptors (Lipinski definition) is 3. The first kappa shape index (κ1) is 15.6. The molecule has 1 aromatic heterocycles. The number of furan rings is 1. The van der Waals surface area contributed by atoms with Gasteiger partial charge in [0.2, 0.25) is 0 Å². The Balaban J connectivity index is 1.66. The molecule has 1 aliphatic carbocycles. The summed E-state index contributed by atoms with van der Waals surface area (Å²) >= 11 is 0. The molecule has 114 valence electrons. The van der Waals surface area contributed by atoms with Crippen LogP contribution in [0.5, 0.6) is 0 Å². The summed E-state index contributed by atoms with van der Waals surface area (Å²) in [6.45, 7) is 10.8. The molecule has 1 aromatic rings. The van der Waals surface area contributed by atoms with Gasteiger partial charge in [0.05, 0.1) is 25.0 Å². The maximum atomic E-state index is 6.06. The van der Waals surface area contributed by atoms with Gasteiger partial charge >= 0.3 is 0 Å². The van der Waals surface area contributed by atoms with E-state index in [0.29, 0.717) is 11.5 Å². The number of ether oxygens (including phenoxy) is 1. The molecule has 1 N–H and O–H groups in total. The van der Waals surface area contributed by atoms with Gasteiger partial charge in [-0.1, -0.05) is 20.8 Å². The Kier molecular flexibility index (Phi) is 5.28. The van der Waals surface area contributed by atoms with Gasteiger partial charge in [0.25, 0.3) is 0 Å². The van der Waals surface area contributed by atoms with Crippen LogP contribution in [-0.4, -0.2) is 19.3 Å². The van der Waals surface area contributed by atoms with E-state index in [-0.39, 0.29) is 6.04 Å². The smallest absolute Gasteiger partial charge is 0.120 e. The van der Waals surface area contributed by atoms with Gasteiger partial charge in [-0.15, -0.1) is 0 Å². The third-order valence-corrected chi connectivity index (χ3v) is 4.22. The molecule has 3 unspecified atom stereocenters. The molecule has 2 rings (SSSR count). The first-order chi connectivity index (χ1) is 9.46. The van der Waals surface area contributed by atoms with Crippen LogP contribution in [0.4, 0.5) is 0 Å². The van der Waals surface area contributed by atoms with Crippen LogP contribution in [0.2, 0.25) is 0 Å². The SMILES string of the molecule is CC1CC(OCCNC(C)c2ccco2)CC(C)(C)C1. The summed E-state index contributed by atoms with van der Waals surface area (Å²) in [5.74, 6) is 1.76. The molecule has 20 heavy (non-hydrogen) atoms. The molecule has 3 nitrogen and oxygen atoms in total. The van der Waals surface area contributed by atoms with Crippen LogP contribution < -0.4 is 5.32 Å². The number of nitrogens with one attached hydrogen (secondary N) is 1. The molecule has 1 saturated carbocycles. The van der Waals surface area contributed by atoms with Crippen molar-refractivity contribution < 1.29 is 9.15 Å². The molecule has 0 saturated heterocycles. The minimum absolute atomic E-state index is 0.246. The lowest BCUT2D eigenvalue weighted by Gasteiger charge is -2.38. The molecule has 1 aliphatic rings. The van der Waals surface area contributed by atoms with Crippen LogP contribution in [0.25, 0.3) is 0 Å². The minimum Gasteiger partial charge on any atom is -0.468 e. The monoisotopic (exact) mass is 279 g/mol. The van der Waals surface area contributed by atoms with Crippen LogP contribution in [0.1, 0.15) is 58.8 Å². The fraction of sp³-hybridized carbons (Fsp3) is 0.765. The van der Waals surface area contributed by atoms with E-state index < -0.39 is 0 Å². The summed E-state index contributed by atoms with van der Waals surface area (Å²) in [5.41, 5.74) is 0.428. The van der Waals surface area contributed by atoms with Gasteiger partial charge in [0.1, 0.15) is 5.76 Å². The predicted molar refractivity (Wildman–Crippen MR) is 81.7 cm³/mol. The second-order valence-corrected chi connectivity index (χ2v) is 7.10. The average molecular weight is 279 g/mol. The Bertz CT molecular complexity index is 386. The lowest BCUT2D eigenvalue weighted by molar-refractivity contribution is -0.0218. The maximum absolute atomic E-state index is 6.06. The van der Waals surface area contributed by atoms with Crippen molar-refractivity contribution in [2.75, 3.05) is 13.2 Å². The van der Waals surface area contributed by atoms with E-state index in [2.05, 4.69) is 33.0 Å². The molecular formula is C17H29NO2. The van der Waals surface area contributed by atoms with Gasteiger partial charge in [-0.2, -0.15) is 0 Å².